The van der Waals surface area contributed by atoms with Crippen molar-refractivity contribution < 1.29 is 4.90 Å². The molecule has 0 amide bonds. The van der Waals surface area contributed by atoms with Crippen LogP contribution in [-0.2, 0) is 0 Å². The van der Waals surface area contributed by atoms with E-state index in [0.29, 0.717) is 0 Å². The molecule has 0 heterocycles. The lowest BCUT2D eigenvalue weighted by Crippen LogP contribution is -3.00. The molecule has 19 heavy (non-hydrogen) atoms. The van der Waals surface area contributed by atoms with Gasteiger partial charge in [-0.1, -0.05) is 42.5 Å². The van der Waals surface area contributed by atoms with Gasteiger partial charge in [0.2, 0.25) is 0 Å². The minimum absolute atomic E-state index is 0.958. The molecule has 0 saturated heterocycles. The minimum atomic E-state index is 0.958. The van der Waals surface area contributed by atoms with E-state index in [4.69, 9.17) is 0 Å². The summed E-state index contributed by atoms with van der Waals surface area (Å²) in [5, 5.41) is 2.64. The van der Waals surface area contributed by atoms with Gasteiger partial charge in [-0.2, -0.15) is 0 Å². The summed E-state index contributed by atoms with van der Waals surface area (Å²) < 4.78 is 0. The van der Waals surface area contributed by atoms with Crippen molar-refractivity contribution in [2.75, 3.05) is 34.7 Å². The van der Waals surface area contributed by atoms with E-state index in [1.54, 1.807) is 0 Å². The highest BCUT2D eigenvalue weighted by molar-refractivity contribution is 5.93. The van der Waals surface area contributed by atoms with Gasteiger partial charge in [-0.05, 0) is 30.4 Å². The zero-order valence-corrected chi connectivity index (χ0v) is 12.3. The van der Waals surface area contributed by atoms with Gasteiger partial charge in [0.15, 0.2) is 0 Å². The molecule has 2 aromatic carbocycles. The normalized spacial score (nSPS) is 12.6. The molecule has 0 unspecified atom stereocenters. The Hall–Kier alpha value is -1.64. The third-order valence-electron chi connectivity index (χ3n) is 3.09. The molecular formula is C17H23N2+. The summed E-state index contributed by atoms with van der Waals surface area (Å²) in [5.74, 6) is 0. The van der Waals surface area contributed by atoms with Crippen molar-refractivity contribution in [1.29, 1.82) is 0 Å². The number of fused-ring (bicyclic) bond motifs is 1. The van der Waals surface area contributed by atoms with Crippen LogP contribution in [0.1, 0.15) is 5.56 Å². The maximum absolute atomic E-state index is 2.29. The number of quaternary nitrogens is 1. The first-order chi connectivity index (χ1) is 9.08. The molecule has 2 aromatic rings. The summed E-state index contributed by atoms with van der Waals surface area (Å²) in [5.41, 5.74) is 2.72. The number of nitrogens with one attached hydrogen (secondary N) is 1. The Bertz CT molecular complexity index is 577. The third-order valence-corrected chi connectivity index (χ3v) is 3.09. The Kier molecular flexibility index (Phi) is 4.35. The molecule has 0 spiro atoms. The zero-order valence-electron chi connectivity index (χ0n) is 12.3. The van der Waals surface area contributed by atoms with Gasteiger partial charge < -0.3 is 9.80 Å². The molecule has 0 radical (unpaired) electrons. The van der Waals surface area contributed by atoms with E-state index < -0.39 is 0 Å². The number of hydrogen-bond donors (Lipinski definition) is 1. The second kappa shape index (κ2) is 6.00. The van der Waals surface area contributed by atoms with Crippen LogP contribution in [0.5, 0.6) is 0 Å². The molecule has 2 rings (SSSR count). The fourth-order valence-corrected chi connectivity index (χ4v) is 2.40. The molecule has 0 atom stereocenters. The Balaban J connectivity index is 2.56. The van der Waals surface area contributed by atoms with Crippen molar-refractivity contribution in [2.45, 2.75) is 0 Å². The first kappa shape index (κ1) is 13.8. The predicted octanol–water partition coefficient (Wildman–Crippen LogP) is 1.89. The van der Waals surface area contributed by atoms with Crippen LogP contribution in [0.25, 0.3) is 16.3 Å². The van der Waals surface area contributed by atoms with Gasteiger partial charge in [-0.3, -0.25) is 0 Å². The van der Waals surface area contributed by atoms with E-state index in [-0.39, 0.29) is 0 Å². The highest BCUT2D eigenvalue weighted by atomic mass is 15.1. The molecule has 0 aliphatic carbocycles. The molecule has 0 saturated carbocycles. The lowest BCUT2D eigenvalue weighted by atomic mass is 9.98. The monoisotopic (exact) mass is 255 g/mol. The second-order valence-corrected chi connectivity index (χ2v) is 5.51. The average molecular weight is 255 g/mol. The summed E-state index contributed by atoms with van der Waals surface area (Å²) in [4.78, 5) is 3.56. The lowest BCUT2D eigenvalue weighted by Gasteiger charge is -2.16. The van der Waals surface area contributed by atoms with Gasteiger partial charge in [-0.15, -0.1) is 0 Å². The van der Waals surface area contributed by atoms with Crippen LogP contribution >= 0.6 is 0 Å². The Morgan fingerprint density at radius 2 is 1.74 bits per heavy atom. The lowest BCUT2D eigenvalue weighted by molar-refractivity contribution is -0.800. The largest absolute Gasteiger partial charge is 0.313 e. The van der Waals surface area contributed by atoms with Crippen molar-refractivity contribution >= 4 is 16.3 Å². The van der Waals surface area contributed by atoms with E-state index in [0.717, 1.165) is 6.54 Å². The quantitative estimate of drug-likeness (QED) is 0.876. The number of hydrogen-bond acceptors (Lipinski definition) is 1. The summed E-state index contributed by atoms with van der Waals surface area (Å²) in [6.07, 6.45) is 2.29. The molecule has 0 aromatic heterocycles. The molecule has 0 aliphatic heterocycles. The van der Waals surface area contributed by atoms with Gasteiger partial charge in [0.05, 0.1) is 20.3 Å². The highest BCUT2D eigenvalue weighted by Gasteiger charge is 2.09. The smallest absolute Gasteiger partial charge is 0.0989 e. The van der Waals surface area contributed by atoms with Crippen LogP contribution in [0.3, 0.4) is 0 Å². The van der Waals surface area contributed by atoms with Crippen molar-refractivity contribution in [3.05, 3.63) is 54.2 Å². The van der Waals surface area contributed by atoms with Crippen LogP contribution in [0.2, 0.25) is 0 Å². The van der Waals surface area contributed by atoms with Gasteiger partial charge in [-0.25, -0.2) is 0 Å². The fourth-order valence-electron chi connectivity index (χ4n) is 2.40. The maximum atomic E-state index is 2.29. The Morgan fingerprint density at radius 1 is 1.05 bits per heavy atom. The first-order valence-electron chi connectivity index (χ1n) is 6.71. The Morgan fingerprint density at radius 3 is 2.42 bits per heavy atom. The average Bonchev–Trinajstić information content (AvgIpc) is 2.36. The maximum Gasteiger partial charge on any atom is 0.0989 e. The summed E-state index contributed by atoms with van der Waals surface area (Å²) in [6, 6.07) is 15.1. The van der Waals surface area contributed by atoms with Crippen LogP contribution in [0, 0.1) is 0 Å². The van der Waals surface area contributed by atoms with Crippen molar-refractivity contribution in [3.8, 4) is 0 Å². The van der Waals surface area contributed by atoms with Gasteiger partial charge in [0, 0.05) is 12.1 Å². The Labute approximate surface area is 115 Å². The van der Waals surface area contributed by atoms with Crippen LogP contribution in [-0.4, -0.2) is 39.6 Å². The predicted molar refractivity (Wildman–Crippen MR) is 83.3 cm³/mol. The second-order valence-electron chi connectivity index (χ2n) is 5.51. The van der Waals surface area contributed by atoms with E-state index in [2.05, 4.69) is 81.8 Å². The van der Waals surface area contributed by atoms with Crippen molar-refractivity contribution in [2.24, 2.45) is 0 Å². The number of benzene rings is 2. The van der Waals surface area contributed by atoms with Crippen LogP contribution in [0.15, 0.2) is 48.7 Å². The zero-order chi connectivity index (χ0) is 13.8. The summed E-state index contributed by atoms with van der Waals surface area (Å²) >= 11 is 0. The summed E-state index contributed by atoms with van der Waals surface area (Å²) in [7, 11) is 8.54. The molecule has 2 heteroatoms. The topological polar surface area (TPSA) is 7.68 Å². The SMILES string of the molecule is CN(C)C/C(=C/[NH+](C)C)c1cccc2ccccc12. The molecule has 100 valence electrons. The van der Waals surface area contributed by atoms with E-state index in [1.165, 1.54) is 26.8 Å². The van der Waals surface area contributed by atoms with Crippen molar-refractivity contribution in [3.63, 3.8) is 0 Å². The standard InChI is InChI=1S/C17H22N2/c1-18(2)12-15(13-19(3)4)17-11-7-9-14-8-5-6-10-16(14)17/h5-12H,13H2,1-4H3/p+1/b15-12-. The highest BCUT2D eigenvalue weighted by Crippen LogP contribution is 2.24. The van der Waals surface area contributed by atoms with Gasteiger partial charge >= 0.3 is 0 Å². The first-order valence-corrected chi connectivity index (χ1v) is 6.71. The van der Waals surface area contributed by atoms with Crippen LogP contribution < -0.4 is 4.90 Å². The number of nitrogens with zero attached hydrogens (tertiary/aromatic N) is 1. The number of rotatable bonds is 4. The molecule has 2 nitrogen and oxygen atoms in total. The van der Waals surface area contributed by atoms with E-state index >= 15 is 0 Å². The molecule has 1 N–H and O–H groups in total. The molecule has 0 fully saturated rings. The minimum Gasteiger partial charge on any atom is -0.313 e. The van der Waals surface area contributed by atoms with E-state index in [9.17, 15) is 0 Å². The fraction of sp³-hybridized carbons (Fsp3) is 0.294. The van der Waals surface area contributed by atoms with Crippen molar-refractivity contribution in [1.82, 2.24) is 4.90 Å². The molecular weight excluding hydrogens is 232 g/mol. The van der Waals surface area contributed by atoms with E-state index in [1.807, 2.05) is 0 Å². The molecule has 0 bridgehead atoms. The third kappa shape index (κ3) is 3.43. The number of likely N-dealkylation sites (N-methyl/N-ethyl adjacent to an activating group) is 1. The molecule has 0 aliphatic rings. The van der Waals surface area contributed by atoms with Gasteiger partial charge in [0.1, 0.15) is 0 Å². The summed E-state index contributed by atoms with van der Waals surface area (Å²) in [6.45, 7) is 0.958. The van der Waals surface area contributed by atoms with Crippen LogP contribution in [0.4, 0.5) is 0 Å². The van der Waals surface area contributed by atoms with Gasteiger partial charge in [0.25, 0.3) is 0 Å².